The van der Waals surface area contributed by atoms with Gasteiger partial charge in [-0.15, -0.1) is 0 Å². The molecule has 0 aliphatic heterocycles. The van der Waals surface area contributed by atoms with Crippen LogP contribution in [0.15, 0.2) is 16.7 Å². The molecule has 2 rings (SSSR count). The second-order valence-electron chi connectivity index (χ2n) is 6.06. The Bertz CT molecular complexity index is 353. The minimum Gasteiger partial charge on any atom is -0.468 e. The van der Waals surface area contributed by atoms with E-state index in [4.69, 9.17) is 9.15 Å². The summed E-state index contributed by atoms with van der Waals surface area (Å²) in [6.07, 6.45) is 7.21. The van der Waals surface area contributed by atoms with E-state index in [0.29, 0.717) is 12.5 Å². The van der Waals surface area contributed by atoms with Crippen LogP contribution in [0.2, 0.25) is 0 Å². The Morgan fingerprint density at radius 2 is 2.16 bits per heavy atom. The zero-order valence-corrected chi connectivity index (χ0v) is 12.3. The Morgan fingerprint density at radius 3 is 2.89 bits per heavy atom. The molecule has 108 valence electrons. The van der Waals surface area contributed by atoms with Gasteiger partial charge in [-0.25, -0.2) is 0 Å². The second-order valence-corrected chi connectivity index (χ2v) is 6.06. The largest absolute Gasteiger partial charge is 0.468 e. The van der Waals surface area contributed by atoms with E-state index in [1.807, 2.05) is 6.07 Å². The van der Waals surface area contributed by atoms with Gasteiger partial charge < -0.3 is 14.5 Å². The van der Waals surface area contributed by atoms with E-state index in [0.717, 1.165) is 31.4 Å². The van der Waals surface area contributed by atoms with Crippen molar-refractivity contribution in [1.29, 1.82) is 0 Å². The van der Waals surface area contributed by atoms with Gasteiger partial charge in [-0.2, -0.15) is 0 Å². The molecule has 0 saturated heterocycles. The standard InChI is InChI=1S/C16H27NO2/c1-13(2)9-17-10-16-15(7-8-19-16)12-18-11-14-5-3-4-6-14/h7-8,13-14,17H,3-6,9-12H2,1-2H3. The van der Waals surface area contributed by atoms with Gasteiger partial charge in [0.05, 0.1) is 19.4 Å². The van der Waals surface area contributed by atoms with E-state index in [1.165, 1.54) is 31.2 Å². The molecule has 0 spiro atoms. The molecule has 0 atom stereocenters. The fourth-order valence-electron chi connectivity index (χ4n) is 2.64. The average Bonchev–Trinajstić information content (AvgIpc) is 3.01. The molecule has 1 aromatic heterocycles. The summed E-state index contributed by atoms with van der Waals surface area (Å²) in [5.74, 6) is 2.47. The van der Waals surface area contributed by atoms with Crippen molar-refractivity contribution in [2.24, 2.45) is 11.8 Å². The van der Waals surface area contributed by atoms with Crippen molar-refractivity contribution in [3.8, 4) is 0 Å². The van der Waals surface area contributed by atoms with Crippen molar-refractivity contribution in [2.45, 2.75) is 52.7 Å². The van der Waals surface area contributed by atoms with Crippen LogP contribution in [-0.2, 0) is 17.9 Å². The second kappa shape index (κ2) is 7.71. The smallest absolute Gasteiger partial charge is 0.123 e. The summed E-state index contributed by atoms with van der Waals surface area (Å²) in [6, 6.07) is 2.03. The lowest BCUT2D eigenvalue weighted by molar-refractivity contribution is 0.0878. The molecule has 1 saturated carbocycles. The van der Waals surface area contributed by atoms with Crippen LogP contribution in [-0.4, -0.2) is 13.2 Å². The third-order valence-electron chi connectivity index (χ3n) is 3.76. The van der Waals surface area contributed by atoms with Crippen molar-refractivity contribution >= 4 is 0 Å². The summed E-state index contributed by atoms with van der Waals surface area (Å²) in [7, 11) is 0. The average molecular weight is 265 g/mol. The summed E-state index contributed by atoms with van der Waals surface area (Å²) in [5.41, 5.74) is 1.19. The number of hydrogen-bond acceptors (Lipinski definition) is 3. The lowest BCUT2D eigenvalue weighted by atomic mass is 10.1. The topological polar surface area (TPSA) is 34.4 Å². The Morgan fingerprint density at radius 1 is 1.37 bits per heavy atom. The van der Waals surface area contributed by atoms with Crippen LogP contribution >= 0.6 is 0 Å². The van der Waals surface area contributed by atoms with Crippen molar-refractivity contribution in [3.05, 3.63) is 23.7 Å². The lowest BCUT2D eigenvalue weighted by Gasteiger charge is -2.10. The highest BCUT2D eigenvalue weighted by Crippen LogP contribution is 2.25. The molecular formula is C16H27NO2. The highest BCUT2D eigenvalue weighted by molar-refractivity contribution is 5.15. The van der Waals surface area contributed by atoms with E-state index in [2.05, 4.69) is 19.2 Å². The van der Waals surface area contributed by atoms with Gasteiger partial charge in [0.25, 0.3) is 0 Å². The number of furan rings is 1. The van der Waals surface area contributed by atoms with Crippen LogP contribution in [0.1, 0.15) is 50.9 Å². The van der Waals surface area contributed by atoms with Crippen molar-refractivity contribution in [3.63, 3.8) is 0 Å². The van der Waals surface area contributed by atoms with Crippen LogP contribution in [0, 0.1) is 11.8 Å². The molecule has 0 aromatic carbocycles. The van der Waals surface area contributed by atoms with E-state index in [-0.39, 0.29) is 0 Å². The summed E-state index contributed by atoms with van der Waals surface area (Å²) >= 11 is 0. The predicted octanol–water partition coefficient (Wildman–Crippen LogP) is 3.73. The molecule has 19 heavy (non-hydrogen) atoms. The molecule has 1 N–H and O–H groups in total. The van der Waals surface area contributed by atoms with Gasteiger partial charge in [0.2, 0.25) is 0 Å². The molecular weight excluding hydrogens is 238 g/mol. The first-order valence-electron chi connectivity index (χ1n) is 7.59. The normalized spacial score (nSPS) is 16.6. The summed E-state index contributed by atoms with van der Waals surface area (Å²) in [5, 5.41) is 3.41. The van der Waals surface area contributed by atoms with Gasteiger partial charge in [0, 0.05) is 12.2 Å². The third-order valence-corrected chi connectivity index (χ3v) is 3.76. The minimum atomic E-state index is 0.664. The zero-order valence-electron chi connectivity index (χ0n) is 12.3. The van der Waals surface area contributed by atoms with Gasteiger partial charge in [-0.1, -0.05) is 26.7 Å². The maximum absolute atomic E-state index is 5.84. The van der Waals surface area contributed by atoms with Crippen LogP contribution in [0.25, 0.3) is 0 Å². The fourth-order valence-corrected chi connectivity index (χ4v) is 2.64. The fraction of sp³-hybridized carbons (Fsp3) is 0.750. The van der Waals surface area contributed by atoms with Gasteiger partial charge in [0.15, 0.2) is 0 Å². The summed E-state index contributed by atoms with van der Waals surface area (Å²) in [6.45, 7) is 7.83. The SMILES string of the molecule is CC(C)CNCc1occc1COCC1CCCC1. The number of nitrogens with one attached hydrogen (secondary N) is 1. The first-order valence-corrected chi connectivity index (χ1v) is 7.59. The molecule has 1 heterocycles. The molecule has 1 aromatic rings. The van der Waals surface area contributed by atoms with E-state index in [1.54, 1.807) is 6.26 Å². The van der Waals surface area contributed by atoms with E-state index < -0.39 is 0 Å². The maximum atomic E-state index is 5.84. The number of hydrogen-bond donors (Lipinski definition) is 1. The molecule has 1 fully saturated rings. The number of ether oxygens (including phenoxy) is 1. The highest BCUT2D eigenvalue weighted by Gasteiger charge is 2.15. The van der Waals surface area contributed by atoms with Gasteiger partial charge in [0.1, 0.15) is 5.76 Å². The molecule has 1 aliphatic rings. The highest BCUT2D eigenvalue weighted by atomic mass is 16.5. The van der Waals surface area contributed by atoms with Gasteiger partial charge in [-0.05, 0) is 37.3 Å². The maximum Gasteiger partial charge on any atom is 0.123 e. The monoisotopic (exact) mass is 265 g/mol. The summed E-state index contributed by atoms with van der Waals surface area (Å²) < 4.78 is 11.4. The molecule has 1 aliphatic carbocycles. The van der Waals surface area contributed by atoms with E-state index >= 15 is 0 Å². The Balaban J connectivity index is 1.69. The Labute approximate surface area is 116 Å². The molecule has 3 nitrogen and oxygen atoms in total. The van der Waals surface area contributed by atoms with Crippen molar-refractivity contribution in [1.82, 2.24) is 5.32 Å². The Hall–Kier alpha value is -0.800. The Kier molecular flexibility index (Phi) is 5.93. The molecule has 0 radical (unpaired) electrons. The van der Waals surface area contributed by atoms with Crippen molar-refractivity contribution in [2.75, 3.05) is 13.2 Å². The first kappa shape index (κ1) is 14.6. The quantitative estimate of drug-likeness (QED) is 0.777. The van der Waals surface area contributed by atoms with Crippen LogP contribution in [0.3, 0.4) is 0 Å². The first-order chi connectivity index (χ1) is 9.25. The predicted molar refractivity (Wildman–Crippen MR) is 76.9 cm³/mol. The van der Waals surface area contributed by atoms with Crippen LogP contribution < -0.4 is 5.32 Å². The van der Waals surface area contributed by atoms with Crippen LogP contribution in [0.5, 0.6) is 0 Å². The molecule has 3 heteroatoms. The van der Waals surface area contributed by atoms with Crippen molar-refractivity contribution < 1.29 is 9.15 Å². The van der Waals surface area contributed by atoms with E-state index in [9.17, 15) is 0 Å². The zero-order chi connectivity index (χ0) is 13.5. The number of rotatable bonds is 8. The molecule has 0 unspecified atom stereocenters. The third kappa shape index (κ3) is 5.00. The lowest BCUT2D eigenvalue weighted by Crippen LogP contribution is -2.19. The van der Waals surface area contributed by atoms with Gasteiger partial charge in [-0.3, -0.25) is 0 Å². The van der Waals surface area contributed by atoms with Gasteiger partial charge >= 0.3 is 0 Å². The van der Waals surface area contributed by atoms with Crippen LogP contribution in [0.4, 0.5) is 0 Å². The minimum absolute atomic E-state index is 0.664. The summed E-state index contributed by atoms with van der Waals surface area (Å²) in [4.78, 5) is 0. The molecule has 0 bridgehead atoms. The molecule has 0 amide bonds.